The first-order valence-electron chi connectivity index (χ1n) is 8.57. The topological polar surface area (TPSA) is 20.2 Å². The summed E-state index contributed by atoms with van der Waals surface area (Å²) in [5, 5.41) is 10.5. The van der Waals surface area contributed by atoms with Crippen LogP contribution in [-0.4, -0.2) is 17.4 Å². The molecule has 0 aliphatic heterocycles. The number of halogens is 1. The van der Waals surface area contributed by atoms with Crippen LogP contribution in [0.3, 0.4) is 0 Å². The van der Waals surface area contributed by atoms with Crippen molar-refractivity contribution in [2.45, 2.75) is 63.6 Å². The quantitative estimate of drug-likeness (QED) is 0.819. The van der Waals surface area contributed by atoms with Crippen LogP contribution in [0.5, 0.6) is 0 Å². The summed E-state index contributed by atoms with van der Waals surface area (Å²) in [6, 6.07) is 8.82. The number of hydrogen-bond acceptors (Lipinski definition) is 1. The molecule has 2 fully saturated rings. The van der Waals surface area contributed by atoms with Crippen LogP contribution in [0, 0.1) is 17.3 Å². The van der Waals surface area contributed by atoms with E-state index in [4.69, 9.17) is 0 Å². The van der Waals surface area contributed by atoms with Gasteiger partial charge in [0.15, 0.2) is 0 Å². The van der Waals surface area contributed by atoms with Crippen LogP contribution >= 0.6 is 0 Å². The molecular formula is C19H25FO. The van der Waals surface area contributed by atoms with Gasteiger partial charge in [-0.25, -0.2) is 4.39 Å². The molecule has 0 spiro atoms. The first-order valence-corrected chi connectivity index (χ1v) is 8.57. The molecule has 0 heterocycles. The lowest BCUT2D eigenvalue weighted by molar-refractivity contribution is -0.0520. The second-order valence-electron chi connectivity index (χ2n) is 7.44. The molecule has 1 nitrogen and oxygen atoms in total. The van der Waals surface area contributed by atoms with Crippen molar-refractivity contribution in [2.24, 2.45) is 17.3 Å². The maximum atomic E-state index is 14.3. The molecule has 2 saturated carbocycles. The molecule has 0 saturated heterocycles. The van der Waals surface area contributed by atoms with Gasteiger partial charge in [0.1, 0.15) is 6.17 Å². The number of alkyl halides is 1. The molecule has 1 aromatic rings. The van der Waals surface area contributed by atoms with Crippen LogP contribution < -0.4 is 0 Å². The van der Waals surface area contributed by atoms with Gasteiger partial charge in [-0.2, -0.15) is 0 Å². The molecule has 6 atom stereocenters. The lowest BCUT2D eigenvalue weighted by Crippen LogP contribution is -2.46. The Bertz CT molecular complexity index is 542. The van der Waals surface area contributed by atoms with Gasteiger partial charge in [-0.05, 0) is 67.4 Å². The normalized spacial score (nSPS) is 44.8. The first-order chi connectivity index (χ1) is 10.2. The van der Waals surface area contributed by atoms with Crippen molar-refractivity contribution in [3.63, 3.8) is 0 Å². The average Bonchev–Trinajstić information content (AvgIpc) is 2.79. The van der Waals surface area contributed by atoms with E-state index in [9.17, 15) is 9.50 Å². The third kappa shape index (κ3) is 1.78. The Morgan fingerprint density at radius 3 is 2.90 bits per heavy atom. The molecular weight excluding hydrogens is 263 g/mol. The Labute approximate surface area is 126 Å². The maximum Gasteiger partial charge on any atom is 0.127 e. The molecule has 114 valence electrons. The standard InChI is InChI=1S/C19H25FO/c1-2-19-10-9-14-13-6-4-3-5-12(13)7-8-15(14)16(19)11-17(20)18(19)21/h3-6,14-18,21H,2,7-11H2,1H3/t14-,15-,16+,17+,18+,19+/m1/s1. The van der Waals surface area contributed by atoms with E-state index in [0.717, 1.165) is 25.7 Å². The van der Waals surface area contributed by atoms with E-state index in [0.29, 0.717) is 24.2 Å². The van der Waals surface area contributed by atoms with Crippen LogP contribution in [-0.2, 0) is 6.42 Å². The molecule has 0 aromatic heterocycles. The highest BCUT2D eigenvalue weighted by Gasteiger charge is 2.59. The SMILES string of the molecule is CC[C@]12CC[C@@H]3c4ccccc4CC[C@H]3[C@@H]1C[C@H](F)[C@@H]2O. The van der Waals surface area contributed by atoms with Gasteiger partial charge in [-0.3, -0.25) is 0 Å². The molecule has 2 heteroatoms. The molecule has 0 unspecified atom stereocenters. The Balaban J connectivity index is 1.72. The van der Waals surface area contributed by atoms with Crippen molar-refractivity contribution in [1.29, 1.82) is 0 Å². The molecule has 21 heavy (non-hydrogen) atoms. The maximum absolute atomic E-state index is 14.3. The van der Waals surface area contributed by atoms with Gasteiger partial charge in [-0.15, -0.1) is 0 Å². The van der Waals surface area contributed by atoms with Crippen LogP contribution in [0.25, 0.3) is 0 Å². The molecule has 0 bridgehead atoms. The molecule has 1 aromatic carbocycles. The van der Waals surface area contributed by atoms with Crippen LogP contribution in [0.4, 0.5) is 4.39 Å². The lowest BCUT2D eigenvalue weighted by atomic mass is 9.54. The average molecular weight is 288 g/mol. The zero-order valence-corrected chi connectivity index (χ0v) is 12.8. The first kappa shape index (κ1) is 13.8. The summed E-state index contributed by atoms with van der Waals surface area (Å²) in [5.74, 6) is 1.54. The minimum absolute atomic E-state index is 0.146. The summed E-state index contributed by atoms with van der Waals surface area (Å²) in [7, 11) is 0. The van der Waals surface area contributed by atoms with Crippen LogP contribution in [0.1, 0.15) is 56.1 Å². The number of benzene rings is 1. The van der Waals surface area contributed by atoms with E-state index >= 15 is 0 Å². The third-order valence-corrected chi connectivity index (χ3v) is 6.96. The molecule has 3 aliphatic rings. The second kappa shape index (κ2) is 4.81. The summed E-state index contributed by atoms with van der Waals surface area (Å²) in [6.07, 6.45) is 4.18. The Kier molecular flexibility index (Phi) is 3.15. The van der Waals surface area contributed by atoms with Crippen molar-refractivity contribution in [3.05, 3.63) is 35.4 Å². The number of hydrogen-bond donors (Lipinski definition) is 1. The minimum Gasteiger partial charge on any atom is -0.390 e. The predicted molar refractivity (Wildman–Crippen MR) is 82.0 cm³/mol. The summed E-state index contributed by atoms with van der Waals surface area (Å²) in [6.45, 7) is 2.14. The van der Waals surface area contributed by atoms with E-state index < -0.39 is 12.3 Å². The monoisotopic (exact) mass is 288 g/mol. The van der Waals surface area contributed by atoms with Gasteiger partial charge in [0.05, 0.1) is 6.10 Å². The van der Waals surface area contributed by atoms with E-state index in [-0.39, 0.29) is 5.41 Å². The fourth-order valence-corrected chi connectivity index (χ4v) is 5.92. The number of aliphatic hydroxyl groups excluding tert-OH is 1. The smallest absolute Gasteiger partial charge is 0.127 e. The van der Waals surface area contributed by atoms with Crippen molar-refractivity contribution in [2.75, 3.05) is 0 Å². The number of fused-ring (bicyclic) bond motifs is 5. The van der Waals surface area contributed by atoms with E-state index in [1.165, 1.54) is 17.5 Å². The molecule has 4 rings (SSSR count). The second-order valence-corrected chi connectivity index (χ2v) is 7.44. The molecule has 1 N–H and O–H groups in total. The van der Waals surface area contributed by atoms with Gasteiger partial charge in [0, 0.05) is 5.41 Å². The lowest BCUT2D eigenvalue weighted by Gasteiger charge is -2.51. The van der Waals surface area contributed by atoms with Gasteiger partial charge < -0.3 is 5.11 Å². The highest BCUT2D eigenvalue weighted by molar-refractivity contribution is 5.35. The highest BCUT2D eigenvalue weighted by atomic mass is 19.1. The van der Waals surface area contributed by atoms with Crippen molar-refractivity contribution < 1.29 is 9.50 Å². The van der Waals surface area contributed by atoms with Crippen molar-refractivity contribution >= 4 is 0 Å². The highest BCUT2D eigenvalue weighted by Crippen LogP contribution is 2.62. The molecule has 0 radical (unpaired) electrons. The van der Waals surface area contributed by atoms with Gasteiger partial charge in [0.25, 0.3) is 0 Å². The van der Waals surface area contributed by atoms with E-state index in [1.807, 2.05) is 0 Å². The summed E-state index contributed by atoms with van der Waals surface area (Å²) in [4.78, 5) is 0. The Hall–Kier alpha value is -0.890. The summed E-state index contributed by atoms with van der Waals surface area (Å²) < 4.78 is 14.3. The fourth-order valence-electron chi connectivity index (χ4n) is 5.92. The summed E-state index contributed by atoms with van der Waals surface area (Å²) in [5.41, 5.74) is 2.86. The van der Waals surface area contributed by atoms with Gasteiger partial charge >= 0.3 is 0 Å². The van der Waals surface area contributed by atoms with Crippen LogP contribution in [0.2, 0.25) is 0 Å². The Morgan fingerprint density at radius 1 is 1.29 bits per heavy atom. The minimum atomic E-state index is -1.01. The largest absolute Gasteiger partial charge is 0.390 e. The molecule has 0 amide bonds. The van der Waals surface area contributed by atoms with Gasteiger partial charge in [-0.1, -0.05) is 31.2 Å². The van der Waals surface area contributed by atoms with Crippen molar-refractivity contribution in [1.82, 2.24) is 0 Å². The fraction of sp³-hybridized carbons (Fsp3) is 0.684. The number of aliphatic hydroxyl groups is 1. The number of aryl methyl sites for hydroxylation is 1. The predicted octanol–water partition coefficient (Wildman–Crippen LogP) is 4.24. The van der Waals surface area contributed by atoms with Crippen molar-refractivity contribution in [3.8, 4) is 0 Å². The zero-order chi connectivity index (χ0) is 14.6. The third-order valence-electron chi connectivity index (χ3n) is 6.96. The molecule has 3 aliphatic carbocycles. The van der Waals surface area contributed by atoms with Gasteiger partial charge in [0.2, 0.25) is 0 Å². The zero-order valence-electron chi connectivity index (χ0n) is 12.8. The number of rotatable bonds is 1. The summed E-state index contributed by atoms with van der Waals surface area (Å²) >= 11 is 0. The van der Waals surface area contributed by atoms with E-state index in [2.05, 4.69) is 31.2 Å². The van der Waals surface area contributed by atoms with E-state index in [1.54, 1.807) is 0 Å². The van der Waals surface area contributed by atoms with Crippen LogP contribution in [0.15, 0.2) is 24.3 Å². The Morgan fingerprint density at radius 2 is 2.10 bits per heavy atom.